The average molecular weight is 396 g/mol. The first-order valence-corrected chi connectivity index (χ1v) is 11.2. The summed E-state index contributed by atoms with van der Waals surface area (Å²) in [4.78, 5) is 0. The maximum Gasteiger partial charge on any atom is 0.120 e. The van der Waals surface area contributed by atoms with Crippen molar-refractivity contribution in [3.05, 3.63) is 28.2 Å². The van der Waals surface area contributed by atoms with Crippen molar-refractivity contribution in [2.75, 3.05) is 6.61 Å². The molecule has 0 spiro atoms. The molecular weight excluding hydrogens is 365 g/mol. The van der Waals surface area contributed by atoms with Gasteiger partial charge in [0.15, 0.2) is 0 Å². The van der Waals surface area contributed by atoms with E-state index in [1.165, 1.54) is 57.8 Å². The Morgan fingerprint density at radius 1 is 1.08 bits per heavy atom. The van der Waals surface area contributed by atoms with E-state index in [0.717, 1.165) is 30.2 Å². The van der Waals surface area contributed by atoms with E-state index < -0.39 is 0 Å². The molecular formula is C22H31Cl2NO. The van der Waals surface area contributed by atoms with Crippen LogP contribution in [0.4, 0.5) is 0 Å². The Bertz CT molecular complexity index is 629. The van der Waals surface area contributed by atoms with E-state index in [1.807, 2.05) is 18.2 Å². The van der Waals surface area contributed by atoms with Gasteiger partial charge in [0.05, 0.1) is 16.7 Å². The number of fused-ring (bicyclic) bond motifs is 2. The standard InChI is InChI=1S/C22H31Cl2NO/c1-22-11-10-16(25-22)12-18(15-6-4-2-3-5-7-15)19(22)14-26-17-8-9-20(23)21(24)13-17/h8-9,13,15-16,18-19,25H,2-7,10-12,14H2,1H3/t16?,18-,19+,22?/m0/s1. The number of hydrogen-bond donors (Lipinski definition) is 1. The van der Waals surface area contributed by atoms with Gasteiger partial charge in [-0.25, -0.2) is 0 Å². The van der Waals surface area contributed by atoms with Crippen LogP contribution in [0.25, 0.3) is 0 Å². The molecule has 2 saturated heterocycles. The summed E-state index contributed by atoms with van der Waals surface area (Å²) in [6, 6.07) is 6.33. The van der Waals surface area contributed by atoms with Crippen molar-refractivity contribution in [3.8, 4) is 5.75 Å². The van der Waals surface area contributed by atoms with Gasteiger partial charge >= 0.3 is 0 Å². The van der Waals surface area contributed by atoms with Crippen molar-refractivity contribution < 1.29 is 4.74 Å². The van der Waals surface area contributed by atoms with Crippen molar-refractivity contribution in [3.63, 3.8) is 0 Å². The number of halogens is 2. The fourth-order valence-electron chi connectivity index (χ4n) is 5.84. The van der Waals surface area contributed by atoms with Gasteiger partial charge in [-0.1, -0.05) is 61.7 Å². The minimum Gasteiger partial charge on any atom is -0.493 e. The maximum atomic E-state index is 6.27. The number of piperidine rings is 1. The third-order valence-corrected chi connectivity index (χ3v) is 8.00. The summed E-state index contributed by atoms with van der Waals surface area (Å²) in [6.45, 7) is 3.20. The van der Waals surface area contributed by atoms with Gasteiger partial charge in [-0.2, -0.15) is 0 Å². The molecule has 4 atom stereocenters. The zero-order valence-electron chi connectivity index (χ0n) is 15.8. The smallest absolute Gasteiger partial charge is 0.120 e. The van der Waals surface area contributed by atoms with Crippen molar-refractivity contribution >= 4 is 23.2 Å². The van der Waals surface area contributed by atoms with Crippen molar-refractivity contribution in [1.82, 2.24) is 5.32 Å². The van der Waals surface area contributed by atoms with E-state index in [4.69, 9.17) is 27.9 Å². The Morgan fingerprint density at radius 3 is 2.58 bits per heavy atom. The Kier molecular flexibility index (Phi) is 5.74. The normalized spacial score (nSPS) is 35.3. The molecule has 3 aliphatic rings. The van der Waals surface area contributed by atoms with Crippen molar-refractivity contribution in [2.45, 2.75) is 76.3 Å². The Morgan fingerprint density at radius 2 is 1.85 bits per heavy atom. The molecule has 2 unspecified atom stereocenters. The summed E-state index contributed by atoms with van der Waals surface area (Å²) in [6.07, 6.45) is 12.4. The van der Waals surface area contributed by atoms with Gasteiger partial charge < -0.3 is 10.1 Å². The van der Waals surface area contributed by atoms with Crippen LogP contribution in [0.3, 0.4) is 0 Å². The number of benzene rings is 1. The SMILES string of the molecule is CC12CCC(C[C@@H](C3CCCCCC3)[C@H]1COc1ccc(Cl)c(Cl)c1)N2. The highest BCUT2D eigenvalue weighted by Gasteiger charge is 2.51. The molecule has 144 valence electrons. The second-order valence-electron chi connectivity index (χ2n) is 8.94. The number of rotatable bonds is 4. The number of ether oxygens (including phenoxy) is 1. The zero-order chi connectivity index (χ0) is 18.1. The van der Waals surface area contributed by atoms with E-state index in [-0.39, 0.29) is 5.54 Å². The molecule has 1 aromatic carbocycles. The molecule has 2 heterocycles. The number of hydrogen-bond acceptors (Lipinski definition) is 2. The van der Waals surface area contributed by atoms with Gasteiger partial charge in [-0.3, -0.25) is 0 Å². The summed E-state index contributed by atoms with van der Waals surface area (Å²) >= 11 is 12.2. The molecule has 26 heavy (non-hydrogen) atoms. The summed E-state index contributed by atoms with van der Waals surface area (Å²) in [5.74, 6) is 3.07. The highest BCUT2D eigenvalue weighted by Crippen LogP contribution is 2.48. The van der Waals surface area contributed by atoms with Crippen LogP contribution in [0.15, 0.2) is 18.2 Å². The summed E-state index contributed by atoms with van der Waals surface area (Å²) < 4.78 is 6.27. The molecule has 0 radical (unpaired) electrons. The average Bonchev–Trinajstić information content (AvgIpc) is 2.79. The molecule has 1 N–H and O–H groups in total. The lowest BCUT2D eigenvalue weighted by molar-refractivity contribution is 0.0343. The van der Waals surface area contributed by atoms with Crippen LogP contribution in [0.2, 0.25) is 10.0 Å². The molecule has 1 saturated carbocycles. The Labute approximate surface area is 168 Å². The van der Waals surface area contributed by atoms with Gasteiger partial charge in [-0.05, 0) is 50.2 Å². The Hall–Kier alpha value is -0.440. The second kappa shape index (κ2) is 7.89. The first kappa shape index (κ1) is 18.9. The van der Waals surface area contributed by atoms with Crippen LogP contribution < -0.4 is 10.1 Å². The van der Waals surface area contributed by atoms with Crippen LogP contribution >= 0.6 is 23.2 Å². The summed E-state index contributed by atoms with van der Waals surface area (Å²) in [5, 5.41) is 5.08. The molecule has 2 aliphatic heterocycles. The minimum atomic E-state index is 0.218. The first-order valence-electron chi connectivity index (χ1n) is 10.4. The fourth-order valence-corrected chi connectivity index (χ4v) is 6.13. The predicted octanol–water partition coefficient (Wildman–Crippen LogP) is 6.49. The van der Waals surface area contributed by atoms with E-state index in [1.54, 1.807) is 0 Å². The van der Waals surface area contributed by atoms with Crippen LogP contribution in [0.1, 0.15) is 64.7 Å². The van der Waals surface area contributed by atoms with Crippen LogP contribution in [-0.4, -0.2) is 18.2 Å². The highest BCUT2D eigenvalue weighted by atomic mass is 35.5. The number of nitrogens with one attached hydrogen (secondary N) is 1. The quantitative estimate of drug-likeness (QED) is 0.588. The monoisotopic (exact) mass is 395 g/mol. The van der Waals surface area contributed by atoms with Crippen LogP contribution in [0.5, 0.6) is 5.75 Å². The molecule has 0 aromatic heterocycles. The minimum absolute atomic E-state index is 0.218. The van der Waals surface area contributed by atoms with Crippen molar-refractivity contribution in [2.24, 2.45) is 17.8 Å². The molecule has 1 aliphatic carbocycles. The van der Waals surface area contributed by atoms with Gasteiger partial charge in [0.2, 0.25) is 0 Å². The lowest BCUT2D eigenvalue weighted by atomic mass is 9.67. The largest absolute Gasteiger partial charge is 0.493 e. The van der Waals surface area contributed by atoms with Crippen molar-refractivity contribution in [1.29, 1.82) is 0 Å². The summed E-state index contributed by atoms with van der Waals surface area (Å²) in [5.41, 5.74) is 0.218. The third kappa shape index (κ3) is 3.88. The van der Waals surface area contributed by atoms with E-state index >= 15 is 0 Å². The molecule has 4 heteroatoms. The first-order chi connectivity index (χ1) is 12.5. The fraction of sp³-hybridized carbons (Fsp3) is 0.727. The van der Waals surface area contributed by atoms with Gasteiger partial charge in [-0.15, -0.1) is 0 Å². The third-order valence-electron chi connectivity index (χ3n) is 7.26. The van der Waals surface area contributed by atoms with E-state index in [9.17, 15) is 0 Å². The zero-order valence-corrected chi connectivity index (χ0v) is 17.3. The lowest BCUT2D eigenvalue weighted by Crippen LogP contribution is -2.57. The molecule has 2 bridgehead atoms. The van der Waals surface area contributed by atoms with E-state index in [0.29, 0.717) is 16.0 Å². The van der Waals surface area contributed by atoms with Gasteiger partial charge in [0.1, 0.15) is 5.75 Å². The Balaban J connectivity index is 1.51. The molecule has 1 aromatic rings. The van der Waals surface area contributed by atoms with Gasteiger partial charge in [0.25, 0.3) is 0 Å². The van der Waals surface area contributed by atoms with E-state index in [2.05, 4.69) is 12.2 Å². The molecule has 0 amide bonds. The summed E-state index contributed by atoms with van der Waals surface area (Å²) in [7, 11) is 0. The topological polar surface area (TPSA) is 21.3 Å². The van der Waals surface area contributed by atoms with Crippen LogP contribution in [-0.2, 0) is 0 Å². The molecule has 4 rings (SSSR count). The molecule has 3 fully saturated rings. The lowest BCUT2D eigenvalue weighted by Gasteiger charge is -2.47. The highest BCUT2D eigenvalue weighted by molar-refractivity contribution is 6.42. The molecule has 2 nitrogen and oxygen atoms in total. The predicted molar refractivity (Wildman–Crippen MR) is 109 cm³/mol. The van der Waals surface area contributed by atoms with Crippen LogP contribution in [0, 0.1) is 17.8 Å². The maximum absolute atomic E-state index is 6.27. The second-order valence-corrected chi connectivity index (χ2v) is 9.76. The van der Waals surface area contributed by atoms with Gasteiger partial charge in [0, 0.05) is 23.6 Å².